The molecule has 0 saturated carbocycles. The van der Waals surface area contributed by atoms with Crippen LogP contribution in [-0.2, 0) is 16.0 Å². The summed E-state index contributed by atoms with van der Waals surface area (Å²) in [5.41, 5.74) is 0.776. The van der Waals surface area contributed by atoms with E-state index in [0.29, 0.717) is 24.4 Å². The molecule has 2 N–H and O–H groups in total. The maximum absolute atomic E-state index is 10.0. The van der Waals surface area contributed by atoms with Gasteiger partial charge in [-0.15, -0.1) is 5.10 Å². The van der Waals surface area contributed by atoms with Crippen LogP contribution in [0.4, 0.5) is 0 Å². The van der Waals surface area contributed by atoms with E-state index in [2.05, 4.69) is 42.3 Å². The number of nitrogens with zero attached hydrogens (tertiary/aromatic N) is 6. The second-order valence-corrected chi connectivity index (χ2v) is 10.8. The highest BCUT2D eigenvalue weighted by Gasteiger charge is 2.30. The van der Waals surface area contributed by atoms with Crippen LogP contribution >= 0.6 is 50.6 Å². The smallest absolute Gasteiger partial charge is 0.154 e. The van der Waals surface area contributed by atoms with Crippen LogP contribution < -0.4 is 0 Å². The van der Waals surface area contributed by atoms with Crippen molar-refractivity contribution in [3.05, 3.63) is 38.7 Å². The lowest BCUT2D eigenvalue weighted by Gasteiger charge is -2.30. The summed E-state index contributed by atoms with van der Waals surface area (Å²) >= 11 is 12.0. The predicted molar refractivity (Wildman–Crippen MR) is 132 cm³/mol. The molecule has 0 aromatic carbocycles. The summed E-state index contributed by atoms with van der Waals surface area (Å²) in [7, 11) is 1.52. The van der Waals surface area contributed by atoms with Gasteiger partial charge in [0.15, 0.2) is 5.69 Å². The monoisotopic (exact) mass is 588 g/mol. The summed E-state index contributed by atoms with van der Waals surface area (Å²) < 4.78 is 14.6. The summed E-state index contributed by atoms with van der Waals surface area (Å²) in [5.74, 6) is 0. The van der Waals surface area contributed by atoms with E-state index >= 15 is 0 Å². The van der Waals surface area contributed by atoms with Crippen molar-refractivity contribution in [2.24, 2.45) is 0 Å². The molecular weight excluding hydrogens is 568 g/mol. The van der Waals surface area contributed by atoms with Crippen LogP contribution in [0.5, 0.6) is 0 Å². The number of ether oxygens (including phenoxy) is 2. The number of methoxy groups -OCH3 is 1. The topological polar surface area (TPSA) is 139 Å². The minimum atomic E-state index is -0.933. The van der Waals surface area contributed by atoms with E-state index in [9.17, 15) is 15.5 Å². The number of thiazole rings is 1. The molecule has 0 radical (unpaired) electrons. The lowest BCUT2D eigenvalue weighted by Crippen LogP contribution is -2.40. The van der Waals surface area contributed by atoms with Gasteiger partial charge in [-0.1, -0.05) is 39.9 Å². The summed E-state index contributed by atoms with van der Waals surface area (Å²) in [6.07, 6.45) is 0.855. The fourth-order valence-corrected chi connectivity index (χ4v) is 5.51. The van der Waals surface area contributed by atoms with Gasteiger partial charge in [-0.25, -0.2) is 14.6 Å². The number of hydrogen-bond acceptors (Lipinski definition) is 11. The third kappa shape index (κ3) is 6.73. The SMILES string of the molecule is CO[C@@H](Cn1cc(-c2nc(C)c(Cl)s2)nn1)C(OC(CO)[C@@H](C)O)Sc1cc(Br)cnc1C#N. The number of aliphatic hydroxyl groups is 2. The normalized spacial score (nSPS) is 15.0. The molecule has 14 heteroatoms. The lowest BCUT2D eigenvalue weighted by molar-refractivity contribution is -0.105. The molecule has 0 aliphatic heterocycles. The molecule has 0 amide bonds. The highest BCUT2D eigenvalue weighted by Crippen LogP contribution is 2.33. The molecule has 3 aromatic heterocycles. The lowest BCUT2D eigenvalue weighted by atomic mass is 10.2. The maximum atomic E-state index is 10.0. The first-order valence-electron chi connectivity index (χ1n) is 9.98. The van der Waals surface area contributed by atoms with Crippen molar-refractivity contribution in [3.63, 3.8) is 0 Å². The fraction of sp³-hybridized carbons (Fsp3) is 0.450. The highest BCUT2D eigenvalue weighted by molar-refractivity contribution is 9.10. The van der Waals surface area contributed by atoms with Gasteiger partial charge in [-0.05, 0) is 35.8 Å². The first-order valence-corrected chi connectivity index (χ1v) is 12.8. The first kappa shape index (κ1) is 27.0. The second-order valence-electron chi connectivity index (χ2n) is 7.17. The average molecular weight is 590 g/mol. The average Bonchev–Trinajstić information content (AvgIpc) is 3.41. The van der Waals surface area contributed by atoms with Gasteiger partial charge in [-0.2, -0.15) is 5.26 Å². The predicted octanol–water partition coefficient (Wildman–Crippen LogP) is 3.28. The molecular formula is C20H22BrClN6O4S2. The Labute approximate surface area is 218 Å². The highest BCUT2D eigenvalue weighted by atomic mass is 79.9. The van der Waals surface area contributed by atoms with E-state index in [0.717, 1.165) is 5.69 Å². The number of nitriles is 1. The minimum absolute atomic E-state index is 0.216. The number of pyridine rings is 1. The molecule has 3 heterocycles. The molecule has 0 saturated heterocycles. The summed E-state index contributed by atoms with van der Waals surface area (Å²) in [4.78, 5) is 9.08. The molecule has 0 spiro atoms. The van der Waals surface area contributed by atoms with Crippen molar-refractivity contribution in [3.8, 4) is 16.8 Å². The van der Waals surface area contributed by atoms with Crippen LogP contribution in [0.3, 0.4) is 0 Å². The molecule has 0 aliphatic rings. The van der Waals surface area contributed by atoms with Gasteiger partial charge < -0.3 is 19.7 Å². The largest absolute Gasteiger partial charge is 0.394 e. The number of halogens is 2. The van der Waals surface area contributed by atoms with E-state index in [4.69, 9.17) is 21.1 Å². The van der Waals surface area contributed by atoms with Crippen LogP contribution in [0.25, 0.3) is 10.7 Å². The maximum Gasteiger partial charge on any atom is 0.154 e. The number of aryl methyl sites for hydroxylation is 1. The van der Waals surface area contributed by atoms with Gasteiger partial charge in [0.25, 0.3) is 0 Å². The Morgan fingerprint density at radius 1 is 1.41 bits per heavy atom. The number of hydrogen-bond donors (Lipinski definition) is 2. The molecule has 4 atom stereocenters. The van der Waals surface area contributed by atoms with Crippen LogP contribution in [0.1, 0.15) is 18.3 Å². The molecule has 3 rings (SSSR count). The Hall–Kier alpha value is -1.63. The standard InChI is InChI=1S/C20H22BrClN6O4S2/c1-10-18(22)34-19(25-10)14-7-28(27-26-14)8-15(31-3)20(32-16(9-29)11(2)30)33-17-4-12(21)6-24-13(17)5-23/h4,6-7,11,15-16,20,29-30H,8-9H2,1-3H3/t11-,15+,16?,20?/m1/s1. The third-order valence-electron chi connectivity index (χ3n) is 4.67. The quantitative estimate of drug-likeness (QED) is 0.253. The third-order valence-corrected chi connectivity index (χ3v) is 7.79. The van der Waals surface area contributed by atoms with E-state index in [1.165, 1.54) is 43.3 Å². The molecule has 10 nitrogen and oxygen atoms in total. The van der Waals surface area contributed by atoms with E-state index < -0.39 is 30.4 Å². The number of aliphatic hydroxyl groups excluding tert-OH is 2. The number of aromatic nitrogens is 5. The van der Waals surface area contributed by atoms with Gasteiger partial charge in [0.1, 0.15) is 38.8 Å². The van der Waals surface area contributed by atoms with Crippen LogP contribution in [-0.4, -0.2) is 72.6 Å². The van der Waals surface area contributed by atoms with Crippen LogP contribution in [0.15, 0.2) is 27.8 Å². The Morgan fingerprint density at radius 3 is 2.76 bits per heavy atom. The molecule has 2 unspecified atom stereocenters. The van der Waals surface area contributed by atoms with Gasteiger partial charge in [0.05, 0.1) is 31.1 Å². The Bertz CT molecular complexity index is 1140. The first-order chi connectivity index (χ1) is 16.2. The van der Waals surface area contributed by atoms with Crippen molar-refractivity contribution in [1.29, 1.82) is 5.26 Å². The number of thioether (sulfide) groups is 1. The van der Waals surface area contributed by atoms with E-state index in [1.807, 2.05) is 6.92 Å². The zero-order valence-electron chi connectivity index (χ0n) is 18.4. The van der Waals surface area contributed by atoms with Gasteiger partial charge in [-0.3, -0.25) is 0 Å². The molecule has 0 fully saturated rings. The zero-order chi connectivity index (χ0) is 24.8. The number of rotatable bonds is 11. The Balaban J connectivity index is 1.87. The van der Waals surface area contributed by atoms with Gasteiger partial charge in [0.2, 0.25) is 0 Å². The summed E-state index contributed by atoms with van der Waals surface area (Å²) in [6, 6.07) is 3.81. The van der Waals surface area contributed by atoms with Crippen LogP contribution in [0, 0.1) is 18.3 Å². The van der Waals surface area contributed by atoms with Crippen molar-refractivity contribution in [2.45, 2.75) is 49.0 Å². The minimum Gasteiger partial charge on any atom is -0.394 e. The van der Waals surface area contributed by atoms with Crippen molar-refractivity contribution < 1.29 is 19.7 Å². The Morgan fingerprint density at radius 2 is 2.18 bits per heavy atom. The zero-order valence-corrected chi connectivity index (χ0v) is 22.4. The molecule has 0 bridgehead atoms. The van der Waals surface area contributed by atoms with Crippen molar-refractivity contribution in [2.75, 3.05) is 13.7 Å². The fourth-order valence-electron chi connectivity index (χ4n) is 2.82. The van der Waals surface area contributed by atoms with Gasteiger partial charge in [0, 0.05) is 22.7 Å². The van der Waals surface area contributed by atoms with Crippen molar-refractivity contribution in [1.82, 2.24) is 25.0 Å². The Kier molecular flexibility index (Phi) is 9.81. The molecule has 182 valence electrons. The second kappa shape index (κ2) is 12.4. The van der Waals surface area contributed by atoms with E-state index in [1.54, 1.807) is 16.9 Å². The molecule has 3 aromatic rings. The van der Waals surface area contributed by atoms with Crippen molar-refractivity contribution >= 4 is 50.6 Å². The van der Waals surface area contributed by atoms with Crippen LogP contribution in [0.2, 0.25) is 4.34 Å². The molecule has 34 heavy (non-hydrogen) atoms. The summed E-state index contributed by atoms with van der Waals surface area (Å²) in [5, 5.41) is 38.2. The van der Waals surface area contributed by atoms with E-state index in [-0.39, 0.29) is 12.2 Å². The van der Waals surface area contributed by atoms with Gasteiger partial charge >= 0.3 is 0 Å². The molecule has 0 aliphatic carbocycles. The summed E-state index contributed by atoms with van der Waals surface area (Å²) in [6.45, 7) is 3.18.